The van der Waals surface area contributed by atoms with Gasteiger partial charge in [0.15, 0.2) is 0 Å². The maximum atomic E-state index is 13.5. The SMILES string of the molecule is CCOC(=O)C(C)Nc1ccc(F)cc1OC1CCOCC1. The van der Waals surface area contributed by atoms with Crippen molar-refractivity contribution in [2.45, 2.75) is 38.8 Å². The van der Waals surface area contributed by atoms with Crippen molar-refractivity contribution >= 4 is 11.7 Å². The van der Waals surface area contributed by atoms with Crippen molar-refractivity contribution < 1.29 is 23.4 Å². The average Bonchev–Trinajstić information content (AvgIpc) is 2.51. The second-order valence-corrected chi connectivity index (χ2v) is 5.19. The molecule has 0 radical (unpaired) electrons. The van der Waals surface area contributed by atoms with E-state index in [9.17, 15) is 9.18 Å². The van der Waals surface area contributed by atoms with Crippen LogP contribution in [0.1, 0.15) is 26.7 Å². The summed E-state index contributed by atoms with van der Waals surface area (Å²) >= 11 is 0. The van der Waals surface area contributed by atoms with E-state index in [0.29, 0.717) is 31.3 Å². The monoisotopic (exact) mass is 311 g/mol. The Labute approximate surface area is 129 Å². The first-order valence-electron chi connectivity index (χ1n) is 7.57. The molecular weight excluding hydrogens is 289 g/mol. The van der Waals surface area contributed by atoms with Crippen LogP contribution in [0.3, 0.4) is 0 Å². The average molecular weight is 311 g/mol. The van der Waals surface area contributed by atoms with E-state index in [1.165, 1.54) is 12.1 Å². The molecule has 1 aromatic carbocycles. The summed E-state index contributed by atoms with van der Waals surface area (Å²) in [5, 5.41) is 3.01. The molecule has 1 saturated heterocycles. The van der Waals surface area contributed by atoms with Gasteiger partial charge in [-0.2, -0.15) is 0 Å². The number of ether oxygens (including phenoxy) is 3. The Bertz CT molecular complexity index is 503. The van der Waals surface area contributed by atoms with Gasteiger partial charge in [0, 0.05) is 18.9 Å². The van der Waals surface area contributed by atoms with E-state index in [-0.39, 0.29) is 17.9 Å². The molecule has 1 atom stereocenters. The van der Waals surface area contributed by atoms with Crippen LogP contribution in [0, 0.1) is 5.82 Å². The van der Waals surface area contributed by atoms with Gasteiger partial charge in [0.1, 0.15) is 23.7 Å². The fourth-order valence-electron chi connectivity index (χ4n) is 2.25. The summed E-state index contributed by atoms with van der Waals surface area (Å²) < 4.78 is 29.6. The summed E-state index contributed by atoms with van der Waals surface area (Å²) in [4.78, 5) is 11.7. The zero-order chi connectivity index (χ0) is 15.9. The first-order chi connectivity index (χ1) is 10.6. The molecule has 1 unspecified atom stereocenters. The zero-order valence-corrected chi connectivity index (χ0v) is 12.9. The highest BCUT2D eigenvalue weighted by atomic mass is 19.1. The summed E-state index contributed by atoms with van der Waals surface area (Å²) in [6.45, 7) is 5.05. The molecule has 1 aliphatic rings. The van der Waals surface area contributed by atoms with E-state index in [0.717, 1.165) is 12.8 Å². The summed E-state index contributed by atoms with van der Waals surface area (Å²) in [5.41, 5.74) is 0.577. The number of benzene rings is 1. The third kappa shape index (κ3) is 4.59. The number of esters is 1. The predicted molar refractivity (Wildman–Crippen MR) is 80.6 cm³/mol. The van der Waals surface area contributed by atoms with Crippen molar-refractivity contribution in [3.63, 3.8) is 0 Å². The summed E-state index contributed by atoms with van der Waals surface area (Å²) in [6.07, 6.45) is 1.53. The second kappa shape index (κ2) is 7.98. The number of rotatable bonds is 6. The molecule has 5 nitrogen and oxygen atoms in total. The van der Waals surface area contributed by atoms with Gasteiger partial charge in [-0.25, -0.2) is 9.18 Å². The summed E-state index contributed by atoms with van der Waals surface area (Å²) in [7, 11) is 0. The van der Waals surface area contributed by atoms with Gasteiger partial charge in [-0.1, -0.05) is 0 Å². The Morgan fingerprint density at radius 3 is 2.86 bits per heavy atom. The van der Waals surface area contributed by atoms with Crippen molar-refractivity contribution in [3.05, 3.63) is 24.0 Å². The van der Waals surface area contributed by atoms with Gasteiger partial charge in [-0.05, 0) is 26.0 Å². The van der Waals surface area contributed by atoms with Crippen LogP contribution in [0.4, 0.5) is 10.1 Å². The lowest BCUT2D eigenvalue weighted by Crippen LogP contribution is -2.29. The molecule has 0 saturated carbocycles. The lowest BCUT2D eigenvalue weighted by atomic mass is 10.1. The van der Waals surface area contributed by atoms with Crippen LogP contribution in [0.15, 0.2) is 18.2 Å². The van der Waals surface area contributed by atoms with Crippen molar-refractivity contribution in [2.24, 2.45) is 0 Å². The molecule has 0 spiro atoms. The number of carbonyl (C=O) groups excluding carboxylic acids is 1. The maximum Gasteiger partial charge on any atom is 0.328 e. The highest BCUT2D eigenvalue weighted by Gasteiger charge is 2.20. The fraction of sp³-hybridized carbons (Fsp3) is 0.562. The number of hydrogen-bond donors (Lipinski definition) is 1. The minimum atomic E-state index is -0.539. The molecule has 1 aromatic rings. The summed E-state index contributed by atoms with van der Waals surface area (Å²) in [5.74, 6) is -0.330. The van der Waals surface area contributed by atoms with Crippen LogP contribution in [0.5, 0.6) is 5.75 Å². The van der Waals surface area contributed by atoms with Gasteiger partial charge >= 0.3 is 5.97 Å². The van der Waals surface area contributed by atoms with E-state index < -0.39 is 6.04 Å². The Balaban J connectivity index is 2.07. The largest absolute Gasteiger partial charge is 0.488 e. The molecule has 1 aliphatic heterocycles. The molecule has 1 heterocycles. The first-order valence-corrected chi connectivity index (χ1v) is 7.57. The molecule has 6 heteroatoms. The van der Waals surface area contributed by atoms with Crippen LogP contribution in [0.2, 0.25) is 0 Å². The molecule has 122 valence electrons. The quantitative estimate of drug-likeness (QED) is 0.819. The third-order valence-corrected chi connectivity index (χ3v) is 3.42. The number of hydrogen-bond acceptors (Lipinski definition) is 5. The van der Waals surface area contributed by atoms with Gasteiger partial charge in [0.2, 0.25) is 0 Å². The van der Waals surface area contributed by atoms with Gasteiger partial charge in [0.05, 0.1) is 25.5 Å². The normalized spacial score (nSPS) is 16.9. The van der Waals surface area contributed by atoms with Crippen LogP contribution in [-0.2, 0) is 14.3 Å². The number of carbonyl (C=O) groups is 1. The van der Waals surface area contributed by atoms with Crippen LogP contribution >= 0.6 is 0 Å². The van der Waals surface area contributed by atoms with Gasteiger partial charge in [0.25, 0.3) is 0 Å². The number of anilines is 1. The molecule has 0 amide bonds. The molecule has 2 rings (SSSR count). The Morgan fingerprint density at radius 2 is 2.18 bits per heavy atom. The molecule has 22 heavy (non-hydrogen) atoms. The lowest BCUT2D eigenvalue weighted by molar-refractivity contribution is -0.143. The van der Waals surface area contributed by atoms with E-state index in [2.05, 4.69) is 5.32 Å². The van der Waals surface area contributed by atoms with Crippen LogP contribution in [0.25, 0.3) is 0 Å². The van der Waals surface area contributed by atoms with E-state index in [1.807, 2.05) is 0 Å². The molecule has 1 fully saturated rings. The standard InChI is InChI=1S/C16H22FNO4/c1-3-21-16(19)11(2)18-14-5-4-12(17)10-15(14)22-13-6-8-20-9-7-13/h4-5,10-11,13,18H,3,6-9H2,1-2H3. The predicted octanol–water partition coefficient (Wildman–Crippen LogP) is 2.75. The van der Waals surface area contributed by atoms with Crippen molar-refractivity contribution in [1.82, 2.24) is 0 Å². The molecule has 1 N–H and O–H groups in total. The van der Waals surface area contributed by atoms with Crippen molar-refractivity contribution in [3.8, 4) is 5.75 Å². The van der Waals surface area contributed by atoms with E-state index in [1.54, 1.807) is 19.9 Å². The highest BCUT2D eigenvalue weighted by Crippen LogP contribution is 2.29. The van der Waals surface area contributed by atoms with Gasteiger partial charge in [-0.15, -0.1) is 0 Å². The zero-order valence-electron chi connectivity index (χ0n) is 12.9. The molecule has 0 bridgehead atoms. The van der Waals surface area contributed by atoms with Crippen LogP contribution in [-0.4, -0.2) is 37.9 Å². The highest BCUT2D eigenvalue weighted by molar-refractivity contribution is 5.79. The minimum Gasteiger partial charge on any atom is -0.488 e. The van der Waals surface area contributed by atoms with Gasteiger partial charge in [-0.3, -0.25) is 0 Å². The molecule has 0 aromatic heterocycles. The minimum absolute atomic E-state index is 0.00556. The number of halogens is 1. The van der Waals surface area contributed by atoms with Crippen molar-refractivity contribution in [2.75, 3.05) is 25.1 Å². The number of nitrogens with one attached hydrogen (secondary N) is 1. The topological polar surface area (TPSA) is 56.8 Å². The Hall–Kier alpha value is -1.82. The van der Waals surface area contributed by atoms with E-state index >= 15 is 0 Å². The van der Waals surface area contributed by atoms with Crippen LogP contribution < -0.4 is 10.1 Å². The molecule has 0 aliphatic carbocycles. The fourth-order valence-corrected chi connectivity index (χ4v) is 2.25. The van der Waals surface area contributed by atoms with E-state index in [4.69, 9.17) is 14.2 Å². The summed E-state index contributed by atoms with van der Waals surface area (Å²) in [6, 6.07) is 3.69. The smallest absolute Gasteiger partial charge is 0.328 e. The third-order valence-electron chi connectivity index (χ3n) is 3.42. The second-order valence-electron chi connectivity index (χ2n) is 5.19. The lowest BCUT2D eigenvalue weighted by Gasteiger charge is -2.25. The Morgan fingerprint density at radius 1 is 1.45 bits per heavy atom. The molecular formula is C16H22FNO4. The first kappa shape index (κ1) is 16.5. The maximum absolute atomic E-state index is 13.5. The van der Waals surface area contributed by atoms with Gasteiger partial charge < -0.3 is 19.5 Å². The Kier molecular flexibility index (Phi) is 6.00. The van der Waals surface area contributed by atoms with Crippen molar-refractivity contribution in [1.29, 1.82) is 0 Å².